The molecule has 9 aromatic rings. The zero-order valence-electron chi connectivity index (χ0n) is 25.7. The van der Waals surface area contributed by atoms with E-state index in [1.54, 1.807) is 0 Å². The van der Waals surface area contributed by atoms with Crippen molar-refractivity contribution in [1.29, 1.82) is 0 Å². The van der Waals surface area contributed by atoms with E-state index in [1.165, 1.54) is 53.5 Å². The smallest absolute Gasteiger partial charge is 0.164 e. The fourth-order valence-corrected chi connectivity index (χ4v) is 8.21. The summed E-state index contributed by atoms with van der Waals surface area (Å²) in [7, 11) is 0. The Labute approximate surface area is 281 Å². The summed E-state index contributed by atoms with van der Waals surface area (Å²) in [4.78, 5) is 17.6. The van der Waals surface area contributed by atoms with Crippen LogP contribution < -0.4 is 0 Å². The van der Waals surface area contributed by atoms with Gasteiger partial charge in [0, 0.05) is 48.3 Å². The lowest BCUT2D eigenvalue weighted by Gasteiger charge is -2.15. The van der Waals surface area contributed by atoms with Crippen molar-refractivity contribution in [3.8, 4) is 51.0 Å². The maximum Gasteiger partial charge on any atom is 0.164 e. The first-order valence-electron chi connectivity index (χ1n) is 16.0. The van der Waals surface area contributed by atoms with Crippen LogP contribution in [0, 0.1) is 0 Å². The van der Waals surface area contributed by atoms with E-state index in [4.69, 9.17) is 15.0 Å². The molecule has 0 aliphatic carbocycles. The van der Waals surface area contributed by atoms with Crippen molar-refractivity contribution < 1.29 is 0 Å². The monoisotopic (exact) mass is 630 g/mol. The summed E-state index contributed by atoms with van der Waals surface area (Å²) in [6.45, 7) is 0. The number of benzene rings is 7. The second-order valence-corrected chi connectivity index (χ2v) is 13.2. The Morgan fingerprint density at radius 1 is 0.375 bits per heavy atom. The quantitative estimate of drug-likeness (QED) is 0.190. The van der Waals surface area contributed by atoms with E-state index in [2.05, 4.69) is 102 Å². The highest BCUT2D eigenvalue weighted by atomic mass is 32.2. The van der Waals surface area contributed by atoms with Gasteiger partial charge in [-0.15, -0.1) is 0 Å². The van der Waals surface area contributed by atoms with Crippen LogP contribution in [0.5, 0.6) is 0 Å². The molecular formula is C43H26N4S. The Kier molecular flexibility index (Phi) is 6.08. The molecule has 3 heterocycles. The number of hydrogen-bond donors (Lipinski definition) is 0. The maximum absolute atomic E-state index is 5.03. The fraction of sp³-hybridized carbons (Fsp3) is 0. The summed E-state index contributed by atoms with van der Waals surface area (Å²) in [6.07, 6.45) is 0. The summed E-state index contributed by atoms with van der Waals surface area (Å²) in [5.74, 6) is 1.95. The molecule has 0 fully saturated rings. The van der Waals surface area contributed by atoms with Crippen molar-refractivity contribution in [2.24, 2.45) is 0 Å². The highest BCUT2D eigenvalue weighted by Crippen LogP contribution is 2.51. The highest BCUT2D eigenvalue weighted by Gasteiger charge is 2.25. The van der Waals surface area contributed by atoms with Gasteiger partial charge in [0.25, 0.3) is 0 Å². The first-order valence-corrected chi connectivity index (χ1v) is 16.9. The van der Waals surface area contributed by atoms with Gasteiger partial charge in [0.15, 0.2) is 17.5 Å². The second kappa shape index (κ2) is 10.8. The average molecular weight is 631 g/mol. The number of nitrogens with zero attached hydrogens (tertiary/aromatic N) is 4. The zero-order valence-corrected chi connectivity index (χ0v) is 26.5. The lowest BCUT2D eigenvalue weighted by molar-refractivity contribution is 1.07. The lowest BCUT2D eigenvalue weighted by atomic mass is 10.0. The summed E-state index contributed by atoms with van der Waals surface area (Å²) < 4.78 is 2.42. The zero-order chi connectivity index (χ0) is 31.6. The van der Waals surface area contributed by atoms with Gasteiger partial charge >= 0.3 is 0 Å². The van der Waals surface area contributed by atoms with Gasteiger partial charge in [-0.05, 0) is 52.9 Å². The first-order chi connectivity index (χ1) is 23.8. The van der Waals surface area contributed by atoms with Crippen LogP contribution in [-0.4, -0.2) is 19.5 Å². The standard InChI is InChI=1S/C43H26N4S/c1-4-12-27(13-5-1)32-25-35-39-37(26-32)48-36-21-11-18-28-22-23-34(40(39)38(28)36)47(35)33-20-10-19-31(24-33)43-45-41(29-14-6-2-7-15-29)44-42(46-43)30-16-8-3-9-17-30/h1-26H. The van der Waals surface area contributed by atoms with Gasteiger partial charge in [0.2, 0.25) is 0 Å². The van der Waals surface area contributed by atoms with Gasteiger partial charge < -0.3 is 4.57 Å². The van der Waals surface area contributed by atoms with Crippen molar-refractivity contribution in [1.82, 2.24) is 19.5 Å². The Morgan fingerprint density at radius 2 is 0.979 bits per heavy atom. The van der Waals surface area contributed by atoms with Crippen LogP contribution in [0.25, 0.3) is 83.6 Å². The average Bonchev–Trinajstić information content (AvgIpc) is 3.51. The molecule has 0 amide bonds. The van der Waals surface area contributed by atoms with E-state index >= 15 is 0 Å². The van der Waals surface area contributed by atoms with Crippen LogP contribution in [0.15, 0.2) is 168 Å². The predicted octanol–water partition coefficient (Wildman–Crippen LogP) is 11.3. The van der Waals surface area contributed by atoms with Crippen LogP contribution in [0.3, 0.4) is 0 Å². The van der Waals surface area contributed by atoms with Crippen molar-refractivity contribution in [2.75, 3.05) is 0 Å². The maximum atomic E-state index is 5.03. The van der Waals surface area contributed by atoms with Crippen LogP contribution in [0.4, 0.5) is 0 Å². The number of hydrogen-bond acceptors (Lipinski definition) is 4. The first kappa shape index (κ1) is 27.1. The van der Waals surface area contributed by atoms with Gasteiger partial charge in [0.05, 0.1) is 11.0 Å². The molecule has 1 aliphatic heterocycles. The van der Waals surface area contributed by atoms with Crippen molar-refractivity contribution >= 4 is 44.3 Å². The van der Waals surface area contributed by atoms with Gasteiger partial charge in [-0.25, -0.2) is 15.0 Å². The normalized spacial score (nSPS) is 12.1. The molecule has 0 bridgehead atoms. The minimum Gasteiger partial charge on any atom is -0.309 e. The van der Waals surface area contributed by atoms with E-state index in [1.807, 2.05) is 72.4 Å². The summed E-state index contributed by atoms with van der Waals surface area (Å²) in [6, 6.07) is 55.4. The third kappa shape index (κ3) is 4.29. The molecule has 2 aromatic heterocycles. The Balaban J connectivity index is 1.23. The second-order valence-electron chi connectivity index (χ2n) is 12.1. The van der Waals surface area contributed by atoms with Crippen LogP contribution in [-0.2, 0) is 0 Å². The fourth-order valence-electron chi connectivity index (χ4n) is 7.01. The molecule has 0 spiro atoms. The molecule has 1 aliphatic rings. The van der Waals surface area contributed by atoms with Gasteiger partial charge in [-0.1, -0.05) is 133 Å². The predicted molar refractivity (Wildman–Crippen MR) is 198 cm³/mol. The third-order valence-corrected chi connectivity index (χ3v) is 10.3. The van der Waals surface area contributed by atoms with E-state index in [0.717, 1.165) is 22.4 Å². The molecule has 4 nitrogen and oxygen atoms in total. The van der Waals surface area contributed by atoms with Gasteiger partial charge in [0.1, 0.15) is 0 Å². The molecule has 0 unspecified atom stereocenters. The van der Waals surface area contributed by atoms with E-state index in [9.17, 15) is 0 Å². The SMILES string of the molecule is c1ccc(-c2cc3c4c5c6c(cccc6ccc5n(-c5cccc(-c6nc(-c7ccccc7)nc(-c7ccccc7)n6)c5)c4c2)S3)cc1. The van der Waals surface area contributed by atoms with E-state index in [-0.39, 0.29) is 0 Å². The van der Waals surface area contributed by atoms with Crippen molar-refractivity contribution in [2.45, 2.75) is 9.79 Å². The molecule has 0 N–H and O–H groups in total. The molecule has 5 heteroatoms. The van der Waals surface area contributed by atoms with Gasteiger partial charge in [-0.3, -0.25) is 0 Å². The Bertz CT molecular complexity index is 2630. The molecule has 48 heavy (non-hydrogen) atoms. The molecular weight excluding hydrogens is 605 g/mol. The summed E-state index contributed by atoms with van der Waals surface area (Å²) >= 11 is 1.87. The van der Waals surface area contributed by atoms with Crippen LogP contribution in [0.2, 0.25) is 0 Å². The van der Waals surface area contributed by atoms with Crippen molar-refractivity contribution in [3.63, 3.8) is 0 Å². The molecule has 224 valence electrons. The molecule has 10 rings (SSSR count). The molecule has 0 atom stereocenters. The number of aromatic nitrogens is 4. The Morgan fingerprint density at radius 3 is 1.67 bits per heavy atom. The topological polar surface area (TPSA) is 43.6 Å². The lowest BCUT2D eigenvalue weighted by Crippen LogP contribution is -2.01. The van der Waals surface area contributed by atoms with E-state index < -0.39 is 0 Å². The highest BCUT2D eigenvalue weighted by molar-refractivity contribution is 8.00. The minimum absolute atomic E-state index is 0.642. The molecule has 0 saturated carbocycles. The van der Waals surface area contributed by atoms with Gasteiger partial charge in [-0.2, -0.15) is 0 Å². The van der Waals surface area contributed by atoms with E-state index in [0.29, 0.717) is 17.5 Å². The van der Waals surface area contributed by atoms with Crippen LogP contribution in [0.1, 0.15) is 0 Å². The molecule has 0 saturated heterocycles. The van der Waals surface area contributed by atoms with Crippen LogP contribution >= 0.6 is 11.8 Å². The van der Waals surface area contributed by atoms with Crippen molar-refractivity contribution in [3.05, 3.63) is 158 Å². The molecule has 0 radical (unpaired) electrons. The largest absolute Gasteiger partial charge is 0.309 e. The number of rotatable bonds is 5. The molecule has 7 aromatic carbocycles. The third-order valence-electron chi connectivity index (χ3n) is 9.19. The minimum atomic E-state index is 0.642. The Hall–Kier alpha value is -6.04. The summed E-state index contributed by atoms with van der Waals surface area (Å²) in [5, 5.41) is 5.22. The summed E-state index contributed by atoms with van der Waals surface area (Å²) in [5.41, 5.74) is 8.71.